The lowest BCUT2D eigenvalue weighted by atomic mass is 9.97. The molecule has 2 heteroatoms. The van der Waals surface area contributed by atoms with E-state index in [1.807, 2.05) is 6.92 Å². The molecule has 0 bridgehead atoms. The molecular formula is C11H22O2. The summed E-state index contributed by atoms with van der Waals surface area (Å²) in [6.45, 7) is 6.93. The molecule has 0 heterocycles. The van der Waals surface area contributed by atoms with E-state index in [2.05, 4.69) is 13.8 Å². The quantitative estimate of drug-likeness (QED) is 0.430. The van der Waals surface area contributed by atoms with E-state index in [4.69, 9.17) is 4.74 Å². The Bertz CT molecular complexity index is 123. The Morgan fingerprint density at radius 3 is 2.54 bits per heavy atom. The van der Waals surface area contributed by atoms with Gasteiger partial charge in [0, 0.05) is 0 Å². The van der Waals surface area contributed by atoms with E-state index < -0.39 is 0 Å². The molecule has 0 saturated heterocycles. The molecule has 0 fully saturated rings. The van der Waals surface area contributed by atoms with Crippen molar-refractivity contribution in [1.29, 1.82) is 0 Å². The first-order valence-corrected chi connectivity index (χ1v) is 5.29. The minimum Gasteiger partial charge on any atom is -0.465 e. The van der Waals surface area contributed by atoms with Crippen LogP contribution in [0.1, 0.15) is 52.9 Å². The third-order valence-electron chi connectivity index (χ3n) is 2.32. The van der Waals surface area contributed by atoms with Crippen LogP contribution in [0.15, 0.2) is 0 Å². The third-order valence-corrected chi connectivity index (χ3v) is 2.32. The molecule has 0 aliphatic carbocycles. The van der Waals surface area contributed by atoms with Crippen molar-refractivity contribution in [2.24, 2.45) is 5.92 Å². The van der Waals surface area contributed by atoms with Crippen LogP contribution >= 0.6 is 0 Å². The van der Waals surface area contributed by atoms with E-state index in [1.165, 1.54) is 25.7 Å². The highest BCUT2D eigenvalue weighted by molar-refractivity contribution is 5.37. The fraction of sp³-hybridized carbons (Fsp3) is 0.909. The highest BCUT2D eigenvalue weighted by Crippen LogP contribution is 2.15. The van der Waals surface area contributed by atoms with Gasteiger partial charge in [0.05, 0.1) is 6.10 Å². The van der Waals surface area contributed by atoms with Crippen LogP contribution in [0.4, 0.5) is 0 Å². The highest BCUT2D eigenvalue weighted by atomic mass is 16.5. The second-order valence-corrected chi connectivity index (χ2v) is 3.88. The molecule has 0 rings (SSSR count). The summed E-state index contributed by atoms with van der Waals surface area (Å²) in [5.74, 6) is 0.668. The number of unbranched alkanes of at least 4 members (excludes halogenated alkanes) is 2. The van der Waals surface area contributed by atoms with Crippen LogP contribution in [0.3, 0.4) is 0 Å². The lowest BCUT2D eigenvalue weighted by Crippen LogP contribution is -2.11. The molecule has 0 aliphatic rings. The van der Waals surface area contributed by atoms with E-state index in [1.54, 1.807) is 0 Å². The topological polar surface area (TPSA) is 26.3 Å². The molecule has 2 unspecified atom stereocenters. The smallest absolute Gasteiger partial charge is 0.293 e. The molecule has 0 N–H and O–H groups in total. The molecule has 0 aromatic rings. The van der Waals surface area contributed by atoms with Gasteiger partial charge in [-0.05, 0) is 19.3 Å². The molecule has 0 saturated carbocycles. The number of ether oxygens (including phenoxy) is 1. The zero-order valence-electron chi connectivity index (χ0n) is 9.08. The lowest BCUT2D eigenvalue weighted by molar-refractivity contribution is -0.133. The Hall–Kier alpha value is -0.530. The predicted octanol–water partition coefficient (Wildman–Crippen LogP) is 3.15. The highest BCUT2D eigenvalue weighted by Gasteiger charge is 2.08. The van der Waals surface area contributed by atoms with Crippen molar-refractivity contribution < 1.29 is 9.53 Å². The van der Waals surface area contributed by atoms with Crippen LogP contribution in [0, 0.1) is 5.92 Å². The van der Waals surface area contributed by atoms with Gasteiger partial charge in [-0.25, -0.2) is 0 Å². The molecule has 78 valence electrons. The van der Waals surface area contributed by atoms with Crippen molar-refractivity contribution in [1.82, 2.24) is 0 Å². The van der Waals surface area contributed by atoms with Crippen LogP contribution in [-0.4, -0.2) is 12.6 Å². The van der Waals surface area contributed by atoms with Gasteiger partial charge in [-0.1, -0.05) is 39.5 Å². The van der Waals surface area contributed by atoms with Gasteiger partial charge in [0.15, 0.2) is 0 Å². The van der Waals surface area contributed by atoms with Crippen molar-refractivity contribution in [2.75, 3.05) is 0 Å². The van der Waals surface area contributed by atoms with Crippen molar-refractivity contribution in [3.05, 3.63) is 0 Å². The van der Waals surface area contributed by atoms with Crippen molar-refractivity contribution >= 4 is 6.47 Å². The lowest BCUT2D eigenvalue weighted by Gasteiger charge is -2.15. The molecule has 2 nitrogen and oxygen atoms in total. The summed E-state index contributed by atoms with van der Waals surface area (Å²) >= 11 is 0. The molecule has 0 spiro atoms. The third kappa shape index (κ3) is 7.82. The van der Waals surface area contributed by atoms with Crippen LogP contribution in [0.2, 0.25) is 0 Å². The first-order chi connectivity index (χ1) is 6.20. The molecule has 0 radical (unpaired) electrons. The van der Waals surface area contributed by atoms with E-state index in [0.717, 1.165) is 6.42 Å². The minimum atomic E-state index is 0.0779. The summed E-state index contributed by atoms with van der Waals surface area (Å²) in [5.41, 5.74) is 0. The zero-order chi connectivity index (χ0) is 10.1. The van der Waals surface area contributed by atoms with Gasteiger partial charge in [0.25, 0.3) is 6.47 Å². The van der Waals surface area contributed by atoms with Crippen LogP contribution in [0.5, 0.6) is 0 Å². The Morgan fingerprint density at radius 2 is 2.00 bits per heavy atom. The Labute approximate surface area is 81.7 Å². The molecule has 2 atom stereocenters. The summed E-state index contributed by atoms with van der Waals surface area (Å²) in [5, 5.41) is 0. The first-order valence-electron chi connectivity index (χ1n) is 5.29. The average molecular weight is 186 g/mol. The maximum atomic E-state index is 10.0. The zero-order valence-corrected chi connectivity index (χ0v) is 9.08. The van der Waals surface area contributed by atoms with Gasteiger partial charge in [0.1, 0.15) is 0 Å². The average Bonchev–Trinajstić information content (AvgIpc) is 2.05. The summed E-state index contributed by atoms with van der Waals surface area (Å²) in [4.78, 5) is 10.0. The van der Waals surface area contributed by atoms with Crippen LogP contribution in [-0.2, 0) is 9.53 Å². The number of carbonyl (C=O) groups excluding carboxylic acids is 1. The Kier molecular flexibility index (Phi) is 7.76. The van der Waals surface area contributed by atoms with Crippen molar-refractivity contribution in [2.45, 2.75) is 59.0 Å². The maximum absolute atomic E-state index is 10.0. The normalized spacial score (nSPS) is 15.0. The van der Waals surface area contributed by atoms with Gasteiger partial charge in [-0.2, -0.15) is 0 Å². The number of carbonyl (C=O) groups is 1. The van der Waals surface area contributed by atoms with Crippen LogP contribution in [0.25, 0.3) is 0 Å². The molecule has 13 heavy (non-hydrogen) atoms. The SMILES string of the molecule is CCCCCC(C)CC(C)OC=O. The van der Waals surface area contributed by atoms with Gasteiger partial charge in [-0.15, -0.1) is 0 Å². The second-order valence-electron chi connectivity index (χ2n) is 3.88. The molecule has 0 amide bonds. The van der Waals surface area contributed by atoms with Crippen molar-refractivity contribution in [3.8, 4) is 0 Å². The first kappa shape index (κ1) is 12.5. The Balaban J connectivity index is 3.37. The van der Waals surface area contributed by atoms with E-state index in [-0.39, 0.29) is 6.10 Å². The molecule has 0 aliphatic heterocycles. The molecule has 0 aromatic carbocycles. The summed E-state index contributed by atoms with van der Waals surface area (Å²) < 4.78 is 4.84. The van der Waals surface area contributed by atoms with Gasteiger partial charge in [-0.3, -0.25) is 4.79 Å². The standard InChI is InChI=1S/C11H22O2/c1-4-5-6-7-10(2)8-11(3)13-9-12/h9-11H,4-8H2,1-3H3. The fourth-order valence-electron chi connectivity index (χ4n) is 1.58. The van der Waals surface area contributed by atoms with E-state index >= 15 is 0 Å². The summed E-state index contributed by atoms with van der Waals surface area (Å²) in [6.07, 6.45) is 6.20. The van der Waals surface area contributed by atoms with E-state index in [9.17, 15) is 4.79 Å². The molecular weight excluding hydrogens is 164 g/mol. The largest absolute Gasteiger partial charge is 0.465 e. The number of rotatable bonds is 8. The van der Waals surface area contributed by atoms with Gasteiger partial charge >= 0.3 is 0 Å². The number of hydrogen-bond acceptors (Lipinski definition) is 2. The Morgan fingerprint density at radius 1 is 1.31 bits per heavy atom. The number of hydrogen-bond donors (Lipinski definition) is 0. The van der Waals surface area contributed by atoms with E-state index in [0.29, 0.717) is 12.4 Å². The van der Waals surface area contributed by atoms with Crippen LogP contribution < -0.4 is 0 Å². The predicted molar refractivity (Wildman–Crippen MR) is 54.5 cm³/mol. The maximum Gasteiger partial charge on any atom is 0.293 e. The second kappa shape index (κ2) is 8.09. The minimum absolute atomic E-state index is 0.0779. The van der Waals surface area contributed by atoms with Gasteiger partial charge in [0.2, 0.25) is 0 Å². The van der Waals surface area contributed by atoms with Gasteiger partial charge < -0.3 is 4.74 Å². The monoisotopic (exact) mass is 186 g/mol. The molecule has 0 aromatic heterocycles. The van der Waals surface area contributed by atoms with Crippen molar-refractivity contribution in [3.63, 3.8) is 0 Å². The summed E-state index contributed by atoms with van der Waals surface area (Å²) in [7, 11) is 0. The summed E-state index contributed by atoms with van der Waals surface area (Å²) in [6, 6.07) is 0. The fourth-order valence-corrected chi connectivity index (χ4v) is 1.58.